The van der Waals surface area contributed by atoms with Crippen LogP contribution in [0, 0.1) is 5.82 Å². The highest BCUT2D eigenvalue weighted by Gasteiger charge is 2.21. The van der Waals surface area contributed by atoms with Crippen LogP contribution in [0.25, 0.3) is 0 Å². The minimum absolute atomic E-state index is 0.214. The number of nitrogens with zero attached hydrogens (tertiary/aromatic N) is 2. The van der Waals surface area contributed by atoms with Gasteiger partial charge in [0, 0.05) is 44.1 Å². The number of halogens is 1. The highest BCUT2D eigenvalue weighted by Crippen LogP contribution is 2.24. The van der Waals surface area contributed by atoms with Crippen LogP contribution in [-0.4, -0.2) is 37.0 Å². The van der Waals surface area contributed by atoms with E-state index in [0.717, 1.165) is 37.6 Å². The van der Waals surface area contributed by atoms with E-state index in [2.05, 4.69) is 38.9 Å². The first-order valence-electron chi connectivity index (χ1n) is 8.64. The van der Waals surface area contributed by atoms with Crippen molar-refractivity contribution in [1.29, 1.82) is 0 Å². The van der Waals surface area contributed by atoms with Crippen molar-refractivity contribution < 1.29 is 4.39 Å². The Hall–Kier alpha value is -1.92. The van der Waals surface area contributed by atoms with Crippen LogP contribution in [0.3, 0.4) is 0 Å². The van der Waals surface area contributed by atoms with E-state index >= 15 is 0 Å². The minimum atomic E-state index is -0.214. The van der Waals surface area contributed by atoms with Crippen molar-refractivity contribution in [3.8, 4) is 0 Å². The highest BCUT2D eigenvalue weighted by atomic mass is 32.1. The number of rotatable bonds is 5. The van der Waals surface area contributed by atoms with E-state index in [1.54, 1.807) is 13.1 Å². The van der Waals surface area contributed by atoms with Gasteiger partial charge in [-0.2, -0.15) is 0 Å². The Labute approximate surface area is 152 Å². The number of nitrogens with one attached hydrogen (secondary N) is 2. The Morgan fingerprint density at radius 1 is 1.36 bits per heavy atom. The number of hydrogen-bond acceptors (Lipinski definition) is 3. The molecule has 2 heterocycles. The lowest BCUT2D eigenvalue weighted by molar-refractivity contribution is 0.192. The van der Waals surface area contributed by atoms with Crippen LogP contribution in [0.15, 0.2) is 40.7 Å². The van der Waals surface area contributed by atoms with E-state index in [4.69, 9.17) is 0 Å². The molecule has 6 heteroatoms. The lowest BCUT2D eigenvalue weighted by Gasteiger charge is -2.32. The molecule has 1 unspecified atom stereocenters. The summed E-state index contributed by atoms with van der Waals surface area (Å²) in [4.78, 5) is 8.29. The second-order valence-corrected chi connectivity index (χ2v) is 7.38. The summed E-state index contributed by atoms with van der Waals surface area (Å²) in [6.07, 6.45) is 1.14. The Kier molecular flexibility index (Phi) is 6.04. The van der Waals surface area contributed by atoms with Crippen molar-refractivity contribution in [2.45, 2.75) is 32.5 Å². The molecule has 2 aromatic rings. The van der Waals surface area contributed by atoms with Crippen molar-refractivity contribution in [3.05, 3.63) is 57.5 Å². The Morgan fingerprint density at radius 2 is 2.24 bits per heavy atom. The number of thiophene rings is 1. The van der Waals surface area contributed by atoms with Gasteiger partial charge in [-0.1, -0.05) is 12.1 Å². The van der Waals surface area contributed by atoms with Gasteiger partial charge in [0.2, 0.25) is 0 Å². The van der Waals surface area contributed by atoms with E-state index in [0.29, 0.717) is 12.6 Å². The fourth-order valence-electron chi connectivity index (χ4n) is 3.07. The van der Waals surface area contributed by atoms with Crippen LogP contribution in [-0.2, 0) is 19.5 Å². The molecule has 1 aliphatic heterocycles. The monoisotopic (exact) mass is 360 g/mol. The van der Waals surface area contributed by atoms with Gasteiger partial charge in [0.1, 0.15) is 5.82 Å². The molecule has 0 amide bonds. The van der Waals surface area contributed by atoms with Gasteiger partial charge in [-0.25, -0.2) is 4.39 Å². The summed E-state index contributed by atoms with van der Waals surface area (Å²) in [6.45, 7) is 5.74. The molecule has 0 fully saturated rings. The summed E-state index contributed by atoms with van der Waals surface area (Å²) in [5.74, 6) is 0.526. The lowest BCUT2D eigenvalue weighted by atomic mass is 10.1. The molecule has 2 N–H and O–H groups in total. The fraction of sp³-hybridized carbons (Fsp3) is 0.421. The van der Waals surface area contributed by atoms with Gasteiger partial charge in [0.05, 0.1) is 0 Å². The summed E-state index contributed by atoms with van der Waals surface area (Å²) in [7, 11) is 1.75. The molecule has 3 rings (SSSR count). The zero-order chi connectivity index (χ0) is 17.6. The summed E-state index contributed by atoms with van der Waals surface area (Å²) in [5.41, 5.74) is 2.37. The molecule has 1 atom stereocenters. The second-order valence-electron chi connectivity index (χ2n) is 6.38. The van der Waals surface area contributed by atoms with Gasteiger partial charge in [0.25, 0.3) is 0 Å². The van der Waals surface area contributed by atoms with Crippen molar-refractivity contribution in [2.24, 2.45) is 4.99 Å². The largest absolute Gasteiger partial charge is 0.355 e. The standard InChI is InChI=1S/C19H25FN4S/c1-14(24-8-6-18-16(13-24)7-9-25-18)11-22-19(21-2)23-12-15-4-3-5-17(20)10-15/h3-5,7,9-10,14H,6,8,11-13H2,1-2H3,(H2,21,22,23). The van der Waals surface area contributed by atoms with Crippen LogP contribution in [0.2, 0.25) is 0 Å². The number of benzene rings is 1. The predicted molar refractivity (Wildman–Crippen MR) is 102 cm³/mol. The molecule has 1 aromatic heterocycles. The first-order chi connectivity index (χ1) is 12.2. The lowest BCUT2D eigenvalue weighted by Crippen LogP contribution is -2.47. The van der Waals surface area contributed by atoms with E-state index in [-0.39, 0.29) is 5.82 Å². The van der Waals surface area contributed by atoms with Crippen molar-refractivity contribution in [3.63, 3.8) is 0 Å². The maximum atomic E-state index is 13.2. The molecular formula is C19H25FN4S. The van der Waals surface area contributed by atoms with Crippen LogP contribution in [0.5, 0.6) is 0 Å². The van der Waals surface area contributed by atoms with Gasteiger partial charge in [0.15, 0.2) is 5.96 Å². The molecule has 1 aromatic carbocycles. The van der Waals surface area contributed by atoms with Crippen molar-refractivity contribution in [2.75, 3.05) is 20.1 Å². The summed E-state index contributed by atoms with van der Waals surface area (Å²) < 4.78 is 13.2. The first-order valence-corrected chi connectivity index (χ1v) is 9.52. The molecule has 4 nitrogen and oxygen atoms in total. The topological polar surface area (TPSA) is 39.7 Å². The molecule has 25 heavy (non-hydrogen) atoms. The molecule has 0 radical (unpaired) electrons. The van der Waals surface area contributed by atoms with Crippen LogP contribution in [0.1, 0.15) is 22.9 Å². The fourth-order valence-corrected chi connectivity index (χ4v) is 3.96. The molecule has 0 saturated carbocycles. The smallest absolute Gasteiger partial charge is 0.191 e. The van der Waals surface area contributed by atoms with E-state index < -0.39 is 0 Å². The molecule has 1 aliphatic rings. The average molecular weight is 361 g/mol. The van der Waals surface area contributed by atoms with Gasteiger partial charge >= 0.3 is 0 Å². The number of fused-ring (bicyclic) bond motifs is 1. The average Bonchev–Trinajstić information content (AvgIpc) is 3.09. The number of hydrogen-bond donors (Lipinski definition) is 2. The predicted octanol–water partition coefficient (Wildman–Crippen LogP) is 3.00. The van der Waals surface area contributed by atoms with Crippen LogP contribution in [0.4, 0.5) is 4.39 Å². The zero-order valence-corrected chi connectivity index (χ0v) is 15.6. The Balaban J connectivity index is 1.46. The minimum Gasteiger partial charge on any atom is -0.355 e. The van der Waals surface area contributed by atoms with E-state index in [1.807, 2.05) is 17.4 Å². The Bertz CT molecular complexity index is 728. The van der Waals surface area contributed by atoms with Gasteiger partial charge in [-0.05, 0) is 48.1 Å². The third kappa shape index (κ3) is 4.80. The number of guanidine groups is 1. The van der Waals surface area contributed by atoms with Gasteiger partial charge in [-0.15, -0.1) is 11.3 Å². The molecule has 0 bridgehead atoms. The summed E-state index contributed by atoms with van der Waals surface area (Å²) in [5, 5.41) is 8.80. The van der Waals surface area contributed by atoms with E-state index in [9.17, 15) is 4.39 Å². The van der Waals surface area contributed by atoms with Crippen LogP contribution >= 0.6 is 11.3 Å². The van der Waals surface area contributed by atoms with Crippen molar-refractivity contribution >= 4 is 17.3 Å². The van der Waals surface area contributed by atoms with Crippen molar-refractivity contribution in [1.82, 2.24) is 15.5 Å². The molecular weight excluding hydrogens is 335 g/mol. The second kappa shape index (κ2) is 8.45. The zero-order valence-electron chi connectivity index (χ0n) is 14.8. The third-order valence-electron chi connectivity index (χ3n) is 4.60. The number of aliphatic imine (C=N–C) groups is 1. The quantitative estimate of drug-likeness (QED) is 0.636. The summed E-state index contributed by atoms with van der Waals surface area (Å²) in [6, 6.07) is 9.27. The Morgan fingerprint density at radius 3 is 3.04 bits per heavy atom. The molecule has 0 saturated heterocycles. The third-order valence-corrected chi connectivity index (χ3v) is 5.62. The first kappa shape index (κ1) is 17.9. The summed E-state index contributed by atoms with van der Waals surface area (Å²) >= 11 is 1.87. The van der Waals surface area contributed by atoms with E-state index in [1.165, 1.54) is 22.6 Å². The molecule has 134 valence electrons. The maximum absolute atomic E-state index is 13.2. The normalized spacial score (nSPS) is 16.4. The SMILES string of the molecule is CN=C(NCc1cccc(F)c1)NCC(C)N1CCc2sccc2C1. The highest BCUT2D eigenvalue weighted by molar-refractivity contribution is 7.10. The van der Waals surface area contributed by atoms with Gasteiger partial charge in [-0.3, -0.25) is 9.89 Å². The van der Waals surface area contributed by atoms with Crippen LogP contribution < -0.4 is 10.6 Å². The maximum Gasteiger partial charge on any atom is 0.191 e. The molecule has 0 aliphatic carbocycles. The van der Waals surface area contributed by atoms with Gasteiger partial charge < -0.3 is 10.6 Å². The molecule has 0 spiro atoms.